The van der Waals surface area contributed by atoms with E-state index in [1.165, 1.54) is 18.4 Å². The molecule has 0 atom stereocenters. The molecule has 0 saturated heterocycles. The largest absolute Gasteiger partial charge is 0.399 e. The van der Waals surface area contributed by atoms with Crippen molar-refractivity contribution < 1.29 is 4.79 Å². The Bertz CT molecular complexity index is 438. The van der Waals surface area contributed by atoms with Gasteiger partial charge >= 0.3 is 0 Å². The van der Waals surface area contributed by atoms with Gasteiger partial charge in [0, 0.05) is 37.3 Å². The van der Waals surface area contributed by atoms with Gasteiger partial charge in [0.2, 0.25) is 5.91 Å². The minimum Gasteiger partial charge on any atom is -0.399 e. The molecule has 20 heavy (non-hydrogen) atoms. The number of carbonyl (C=O) groups excluding carboxylic acids is 1. The van der Waals surface area contributed by atoms with Crippen molar-refractivity contribution in [2.75, 3.05) is 12.3 Å². The van der Waals surface area contributed by atoms with Crippen molar-refractivity contribution in [2.45, 2.75) is 51.7 Å². The second kappa shape index (κ2) is 6.75. The smallest absolute Gasteiger partial charge is 0.221 e. The molecule has 0 bridgehead atoms. The van der Waals surface area contributed by atoms with E-state index in [0.717, 1.165) is 18.8 Å². The van der Waals surface area contributed by atoms with Gasteiger partial charge in [-0.25, -0.2) is 0 Å². The number of nitrogen functional groups attached to an aromatic ring is 1. The number of nitrogens with two attached hydrogens (primary N) is 1. The zero-order valence-corrected chi connectivity index (χ0v) is 12.4. The summed E-state index contributed by atoms with van der Waals surface area (Å²) < 4.78 is 0. The quantitative estimate of drug-likeness (QED) is 0.750. The number of benzene rings is 1. The summed E-state index contributed by atoms with van der Waals surface area (Å²) in [6, 6.07) is 8.88. The molecule has 0 radical (unpaired) electrons. The van der Waals surface area contributed by atoms with E-state index in [4.69, 9.17) is 5.73 Å². The van der Waals surface area contributed by atoms with Gasteiger partial charge in [0.1, 0.15) is 0 Å². The normalized spacial score (nSPS) is 14.8. The van der Waals surface area contributed by atoms with Crippen molar-refractivity contribution in [3.05, 3.63) is 29.8 Å². The molecule has 0 unspecified atom stereocenters. The zero-order valence-electron chi connectivity index (χ0n) is 12.4. The fourth-order valence-corrected chi connectivity index (χ4v) is 2.33. The summed E-state index contributed by atoms with van der Waals surface area (Å²) in [5.74, 6) is 0.142. The molecule has 1 aromatic rings. The Hall–Kier alpha value is -1.55. The first-order valence-electron chi connectivity index (χ1n) is 7.42. The number of anilines is 1. The molecule has 1 aliphatic carbocycles. The standard InChI is InChI=1S/C16H25N3O/c1-12(2)18-16(20)9-10-19(15-7-8-15)11-13-3-5-14(17)6-4-13/h3-6,12,15H,7-11,17H2,1-2H3,(H,18,20). The average molecular weight is 275 g/mol. The molecule has 1 amide bonds. The molecule has 110 valence electrons. The zero-order chi connectivity index (χ0) is 14.5. The van der Waals surface area contributed by atoms with Gasteiger partial charge < -0.3 is 11.1 Å². The van der Waals surface area contributed by atoms with E-state index in [1.54, 1.807) is 0 Å². The lowest BCUT2D eigenvalue weighted by molar-refractivity contribution is -0.121. The number of nitrogens with zero attached hydrogens (tertiary/aromatic N) is 1. The van der Waals surface area contributed by atoms with Crippen LogP contribution in [0.25, 0.3) is 0 Å². The summed E-state index contributed by atoms with van der Waals surface area (Å²) in [5, 5.41) is 2.95. The van der Waals surface area contributed by atoms with Gasteiger partial charge in [-0.3, -0.25) is 9.69 Å². The number of amides is 1. The lowest BCUT2D eigenvalue weighted by Crippen LogP contribution is -2.34. The molecule has 1 fully saturated rings. The number of nitrogens with one attached hydrogen (secondary N) is 1. The van der Waals surface area contributed by atoms with Gasteiger partial charge in [-0.05, 0) is 44.4 Å². The van der Waals surface area contributed by atoms with Crippen molar-refractivity contribution >= 4 is 11.6 Å². The van der Waals surface area contributed by atoms with E-state index in [0.29, 0.717) is 12.5 Å². The Morgan fingerprint density at radius 3 is 2.55 bits per heavy atom. The molecule has 1 aliphatic rings. The first-order chi connectivity index (χ1) is 9.54. The van der Waals surface area contributed by atoms with Crippen molar-refractivity contribution in [3.63, 3.8) is 0 Å². The number of carbonyl (C=O) groups is 1. The SMILES string of the molecule is CC(C)NC(=O)CCN(Cc1ccc(N)cc1)C1CC1. The number of rotatable bonds is 7. The van der Waals surface area contributed by atoms with E-state index in [1.807, 2.05) is 26.0 Å². The summed E-state index contributed by atoms with van der Waals surface area (Å²) >= 11 is 0. The maximum absolute atomic E-state index is 11.7. The molecule has 0 aliphatic heterocycles. The topological polar surface area (TPSA) is 58.4 Å². The fourth-order valence-electron chi connectivity index (χ4n) is 2.33. The first-order valence-corrected chi connectivity index (χ1v) is 7.42. The molecule has 0 spiro atoms. The summed E-state index contributed by atoms with van der Waals surface area (Å²) in [6.07, 6.45) is 3.07. The lowest BCUT2D eigenvalue weighted by atomic mass is 10.2. The molecule has 1 aromatic carbocycles. The van der Waals surface area contributed by atoms with Crippen LogP contribution in [0.3, 0.4) is 0 Å². The second-order valence-electron chi connectivity index (χ2n) is 5.92. The van der Waals surface area contributed by atoms with Crippen molar-refractivity contribution in [1.29, 1.82) is 0 Å². The Balaban J connectivity index is 1.84. The highest BCUT2D eigenvalue weighted by Gasteiger charge is 2.29. The lowest BCUT2D eigenvalue weighted by Gasteiger charge is -2.22. The molecular formula is C16H25N3O. The fraction of sp³-hybridized carbons (Fsp3) is 0.562. The Morgan fingerprint density at radius 1 is 1.35 bits per heavy atom. The Labute approximate surface area is 121 Å². The molecule has 3 N–H and O–H groups in total. The maximum atomic E-state index is 11.7. The van der Waals surface area contributed by atoms with Gasteiger partial charge in [-0.1, -0.05) is 12.1 Å². The highest BCUT2D eigenvalue weighted by atomic mass is 16.1. The molecule has 0 heterocycles. The summed E-state index contributed by atoms with van der Waals surface area (Å²) in [5.41, 5.74) is 7.76. The summed E-state index contributed by atoms with van der Waals surface area (Å²) in [7, 11) is 0. The molecule has 4 heteroatoms. The van der Waals surface area contributed by atoms with Crippen LogP contribution >= 0.6 is 0 Å². The van der Waals surface area contributed by atoms with Gasteiger partial charge in [-0.2, -0.15) is 0 Å². The van der Waals surface area contributed by atoms with Crippen LogP contribution in [0, 0.1) is 0 Å². The van der Waals surface area contributed by atoms with Crippen LogP contribution in [0.2, 0.25) is 0 Å². The highest BCUT2D eigenvalue weighted by molar-refractivity contribution is 5.76. The van der Waals surface area contributed by atoms with Crippen LogP contribution < -0.4 is 11.1 Å². The molecule has 0 aromatic heterocycles. The van der Waals surface area contributed by atoms with E-state index in [2.05, 4.69) is 22.3 Å². The second-order valence-corrected chi connectivity index (χ2v) is 5.92. The Kier molecular flexibility index (Phi) is 5.01. The first kappa shape index (κ1) is 14.9. The van der Waals surface area contributed by atoms with E-state index in [9.17, 15) is 4.79 Å². The van der Waals surface area contributed by atoms with Gasteiger partial charge in [0.25, 0.3) is 0 Å². The van der Waals surface area contributed by atoms with E-state index >= 15 is 0 Å². The summed E-state index contributed by atoms with van der Waals surface area (Å²) in [4.78, 5) is 14.2. The van der Waals surface area contributed by atoms with Gasteiger partial charge in [0.05, 0.1) is 0 Å². The predicted octanol–water partition coefficient (Wildman–Crippen LogP) is 2.15. The number of hydrogen-bond acceptors (Lipinski definition) is 3. The van der Waals surface area contributed by atoms with Crippen molar-refractivity contribution in [2.24, 2.45) is 0 Å². The predicted molar refractivity (Wildman–Crippen MR) is 82.2 cm³/mol. The van der Waals surface area contributed by atoms with Crippen LogP contribution in [0.4, 0.5) is 5.69 Å². The van der Waals surface area contributed by atoms with Crippen LogP contribution in [0.15, 0.2) is 24.3 Å². The van der Waals surface area contributed by atoms with Crippen LogP contribution in [0.1, 0.15) is 38.7 Å². The van der Waals surface area contributed by atoms with Crippen molar-refractivity contribution in [1.82, 2.24) is 10.2 Å². The number of hydrogen-bond donors (Lipinski definition) is 2. The van der Waals surface area contributed by atoms with Crippen molar-refractivity contribution in [3.8, 4) is 0 Å². The minimum atomic E-state index is 0.142. The Morgan fingerprint density at radius 2 is 2.00 bits per heavy atom. The van der Waals surface area contributed by atoms with Gasteiger partial charge in [-0.15, -0.1) is 0 Å². The molecule has 2 rings (SSSR count). The minimum absolute atomic E-state index is 0.142. The highest BCUT2D eigenvalue weighted by Crippen LogP contribution is 2.28. The third-order valence-corrected chi connectivity index (χ3v) is 3.50. The maximum Gasteiger partial charge on any atom is 0.221 e. The average Bonchev–Trinajstić information content (AvgIpc) is 3.20. The third kappa shape index (κ3) is 4.85. The third-order valence-electron chi connectivity index (χ3n) is 3.50. The van der Waals surface area contributed by atoms with Crippen LogP contribution in [-0.4, -0.2) is 29.4 Å². The van der Waals surface area contributed by atoms with Gasteiger partial charge in [0.15, 0.2) is 0 Å². The van der Waals surface area contributed by atoms with E-state index < -0.39 is 0 Å². The monoisotopic (exact) mass is 275 g/mol. The summed E-state index contributed by atoms with van der Waals surface area (Å²) in [6.45, 7) is 5.71. The van der Waals surface area contributed by atoms with E-state index in [-0.39, 0.29) is 11.9 Å². The van der Waals surface area contributed by atoms with Crippen LogP contribution in [-0.2, 0) is 11.3 Å². The molecule has 4 nitrogen and oxygen atoms in total. The molecule has 1 saturated carbocycles. The van der Waals surface area contributed by atoms with Crippen LogP contribution in [0.5, 0.6) is 0 Å². The molecular weight excluding hydrogens is 250 g/mol.